The van der Waals surface area contributed by atoms with E-state index in [0.29, 0.717) is 22.7 Å². The predicted molar refractivity (Wildman–Crippen MR) is 161 cm³/mol. The number of amides is 2. The number of pyridine rings is 2. The van der Waals surface area contributed by atoms with Crippen LogP contribution in [0.4, 0.5) is 22.7 Å². The highest BCUT2D eigenvalue weighted by Crippen LogP contribution is 2.33. The van der Waals surface area contributed by atoms with E-state index in [0.717, 1.165) is 33.2 Å². The number of hydrogen-bond donors (Lipinski definition) is 4. The highest BCUT2D eigenvalue weighted by Gasteiger charge is 2.43. The van der Waals surface area contributed by atoms with Gasteiger partial charge in [0.2, 0.25) is 11.8 Å². The number of nitrogens with two attached hydrogens (primary N) is 2. The first kappa shape index (κ1) is 30.3. The number of nitrogen functional groups attached to an aromatic ring is 2. The maximum atomic E-state index is 13.6. The molecule has 0 aliphatic carbocycles. The second-order valence-electron chi connectivity index (χ2n) is 9.01. The first-order valence-corrected chi connectivity index (χ1v) is 11.7. The smallest absolute Gasteiger partial charge is 0.240 e. The molecule has 0 saturated carbocycles. The van der Waals surface area contributed by atoms with Crippen LogP contribution in [0.3, 0.4) is 0 Å². The van der Waals surface area contributed by atoms with Gasteiger partial charge in [-0.05, 0) is 75.2 Å². The zero-order chi connectivity index (χ0) is 26.0. The second kappa shape index (κ2) is 12.1. The summed E-state index contributed by atoms with van der Waals surface area (Å²) in [4.78, 5) is 36.1. The van der Waals surface area contributed by atoms with Crippen molar-refractivity contribution in [3.63, 3.8) is 0 Å². The molecule has 200 valence electrons. The van der Waals surface area contributed by atoms with Crippen molar-refractivity contribution in [1.29, 1.82) is 0 Å². The fraction of sp³-hybridized carbons (Fsp3) is 0.214. The van der Waals surface area contributed by atoms with E-state index in [1.807, 2.05) is 13.8 Å². The predicted octanol–water partition coefficient (Wildman–Crippen LogP) is 5.96. The van der Waals surface area contributed by atoms with Crippen molar-refractivity contribution in [3.05, 3.63) is 72.6 Å². The van der Waals surface area contributed by atoms with Gasteiger partial charge in [0.05, 0.1) is 11.0 Å². The molecule has 0 saturated heterocycles. The van der Waals surface area contributed by atoms with E-state index in [2.05, 4.69) is 27.2 Å². The summed E-state index contributed by atoms with van der Waals surface area (Å²) in [6.45, 7) is 9.33. The maximum absolute atomic E-state index is 13.6. The Morgan fingerprint density at radius 1 is 0.842 bits per heavy atom. The number of carbonyl (C=O) groups is 2. The summed E-state index contributed by atoms with van der Waals surface area (Å²) in [7, 11) is 0. The minimum Gasteiger partial charge on any atom is -0.398 e. The number of carbonyl (C=O) groups excluding carboxylic acids is 2. The van der Waals surface area contributed by atoms with E-state index in [-0.39, 0.29) is 37.7 Å². The van der Waals surface area contributed by atoms with Crippen molar-refractivity contribution >= 4 is 81.2 Å². The Bertz CT molecular complexity index is 1420. The lowest BCUT2D eigenvalue weighted by Gasteiger charge is -2.29. The van der Waals surface area contributed by atoms with Crippen molar-refractivity contribution in [1.82, 2.24) is 9.97 Å². The number of nitrogens with one attached hydrogen (secondary N) is 2. The fourth-order valence-corrected chi connectivity index (χ4v) is 4.44. The van der Waals surface area contributed by atoms with Crippen LogP contribution in [0.1, 0.15) is 31.2 Å². The van der Waals surface area contributed by atoms with Gasteiger partial charge < -0.3 is 22.1 Å². The summed E-state index contributed by atoms with van der Waals surface area (Å²) in [6.07, 6.45) is 2.01. The summed E-state index contributed by atoms with van der Waals surface area (Å²) in [5.41, 5.74) is 16.2. The zero-order valence-electron chi connectivity index (χ0n) is 21.5. The van der Waals surface area contributed by atoms with Crippen LogP contribution in [0, 0.1) is 19.3 Å². The molecular weight excluding hydrogens is 523 g/mol. The molecule has 0 aliphatic heterocycles. The van der Waals surface area contributed by atoms with Crippen LogP contribution < -0.4 is 22.1 Å². The van der Waals surface area contributed by atoms with E-state index in [1.165, 1.54) is 0 Å². The van der Waals surface area contributed by atoms with Crippen LogP contribution in [0.15, 0.2) is 61.2 Å². The molecule has 2 aromatic heterocycles. The van der Waals surface area contributed by atoms with Gasteiger partial charge in [0.15, 0.2) is 0 Å². The topological polar surface area (TPSA) is 136 Å². The van der Waals surface area contributed by atoms with Crippen LogP contribution in [0.5, 0.6) is 0 Å². The molecule has 0 spiro atoms. The summed E-state index contributed by atoms with van der Waals surface area (Å²) in [5.74, 6) is -0.865. The summed E-state index contributed by atoms with van der Waals surface area (Å²) in [5, 5.41) is 7.26. The van der Waals surface area contributed by atoms with E-state index < -0.39 is 17.2 Å². The molecule has 6 N–H and O–H groups in total. The van der Waals surface area contributed by atoms with Crippen LogP contribution >= 0.6 is 24.8 Å². The maximum Gasteiger partial charge on any atom is 0.240 e. The molecule has 8 nitrogen and oxygen atoms in total. The summed E-state index contributed by atoms with van der Waals surface area (Å²) < 4.78 is 0. The minimum absolute atomic E-state index is 0. The van der Waals surface area contributed by atoms with Crippen molar-refractivity contribution < 1.29 is 9.59 Å². The van der Waals surface area contributed by atoms with Gasteiger partial charge in [-0.3, -0.25) is 19.6 Å². The Hall–Kier alpha value is -3.88. The molecule has 38 heavy (non-hydrogen) atoms. The van der Waals surface area contributed by atoms with Gasteiger partial charge >= 0.3 is 0 Å². The Morgan fingerprint density at radius 2 is 1.26 bits per heavy atom. The van der Waals surface area contributed by atoms with Gasteiger partial charge in [0.1, 0.15) is 5.41 Å². The number of aryl methyl sites for hydroxylation is 2. The molecule has 0 unspecified atom stereocenters. The number of hydrogen-bond acceptors (Lipinski definition) is 6. The Morgan fingerprint density at radius 3 is 1.63 bits per heavy atom. The van der Waals surface area contributed by atoms with Gasteiger partial charge in [-0.25, -0.2) is 0 Å². The molecule has 0 radical (unpaired) electrons. The van der Waals surface area contributed by atoms with Gasteiger partial charge in [-0.1, -0.05) is 13.0 Å². The number of nitrogens with zero attached hydrogens (tertiary/aromatic N) is 2. The molecule has 0 bridgehead atoms. The van der Waals surface area contributed by atoms with Crippen LogP contribution in [-0.4, -0.2) is 21.8 Å². The number of benzene rings is 2. The third kappa shape index (κ3) is 5.82. The molecular formula is C28H32Cl2N6O2. The number of aromatic nitrogens is 2. The third-order valence-corrected chi connectivity index (χ3v) is 6.42. The fourth-order valence-electron chi connectivity index (χ4n) is 4.44. The lowest BCUT2D eigenvalue weighted by molar-refractivity contribution is -0.137. The largest absolute Gasteiger partial charge is 0.398 e. The number of halogens is 2. The summed E-state index contributed by atoms with van der Waals surface area (Å²) >= 11 is 0. The molecule has 4 rings (SSSR count). The highest BCUT2D eigenvalue weighted by atomic mass is 35.5. The van der Waals surface area contributed by atoms with Crippen molar-refractivity contribution in [2.45, 2.75) is 33.6 Å². The average Bonchev–Trinajstić information content (AvgIpc) is 2.83. The standard InChI is InChI=1S/C28H30N6O2.2ClH/c1-5-11-28(6-2,26(35)33-18-7-9-24-20(14-18)22(29)12-16(3)31-24)27(36)34-19-8-10-25-21(15-19)23(30)13-17(4)32-25;;/h5,7-10,12-15H,1,6,11H2,2-4H3,(H2,29,31)(H2,30,32)(H,33,35)(H,34,36);2*1H. The van der Waals surface area contributed by atoms with E-state index >= 15 is 0 Å². The molecule has 0 aliphatic rings. The van der Waals surface area contributed by atoms with Crippen molar-refractivity contribution in [2.75, 3.05) is 22.1 Å². The summed E-state index contributed by atoms with van der Waals surface area (Å²) in [6, 6.07) is 14.2. The molecule has 4 aromatic rings. The molecule has 2 heterocycles. The molecule has 0 fully saturated rings. The van der Waals surface area contributed by atoms with E-state index in [9.17, 15) is 9.59 Å². The molecule has 0 atom stereocenters. The highest BCUT2D eigenvalue weighted by molar-refractivity contribution is 6.15. The Balaban J connectivity index is 0.00000253. The van der Waals surface area contributed by atoms with Gasteiger partial charge in [-0.2, -0.15) is 0 Å². The Kier molecular flexibility index (Phi) is 9.67. The second-order valence-corrected chi connectivity index (χ2v) is 9.01. The first-order chi connectivity index (χ1) is 17.2. The van der Waals surface area contributed by atoms with Crippen LogP contribution in [0.2, 0.25) is 0 Å². The monoisotopic (exact) mass is 554 g/mol. The minimum atomic E-state index is -1.38. The van der Waals surface area contributed by atoms with Crippen molar-refractivity contribution in [2.24, 2.45) is 5.41 Å². The van der Waals surface area contributed by atoms with Gasteiger partial charge in [-0.15, -0.1) is 31.4 Å². The number of allylic oxidation sites excluding steroid dienone is 1. The number of rotatable bonds is 7. The average molecular weight is 556 g/mol. The van der Waals surface area contributed by atoms with Gasteiger partial charge in [0, 0.05) is 44.9 Å². The third-order valence-electron chi connectivity index (χ3n) is 6.42. The van der Waals surface area contributed by atoms with Crippen LogP contribution in [-0.2, 0) is 9.59 Å². The molecule has 2 amide bonds. The van der Waals surface area contributed by atoms with Crippen molar-refractivity contribution in [3.8, 4) is 0 Å². The number of fused-ring (bicyclic) bond motifs is 2. The van der Waals surface area contributed by atoms with E-state index in [4.69, 9.17) is 11.5 Å². The zero-order valence-corrected chi connectivity index (χ0v) is 23.1. The number of anilines is 4. The van der Waals surface area contributed by atoms with Gasteiger partial charge in [0.25, 0.3) is 0 Å². The SMILES string of the molecule is C=CCC(CC)(C(=O)Nc1ccc2nc(C)cc(N)c2c1)C(=O)Nc1ccc2nc(C)cc(N)c2c1.Cl.Cl. The lowest BCUT2D eigenvalue weighted by Crippen LogP contribution is -2.45. The van der Waals surface area contributed by atoms with E-state index in [1.54, 1.807) is 61.5 Å². The molecule has 2 aromatic carbocycles. The lowest BCUT2D eigenvalue weighted by atomic mass is 9.79. The first-order valence-electron chi connectivity index (χ1n) is 11.7. The molecule has 10 heteroatoms. The van der Waals surface area contributed by atoms with Crippen LogP contribution in [0.25, 0.3) is 21.8 Å². The quantitative estimate of drug-likeness (QED) is 0.164. The normalized spacial score (nSPS) is 10.8. The Labute approximate surface area is 234 Å².